The lowest BCUT2D eigenvalue weighted by Gasteiger charge is -2.08. The van der Waals surface area contributed by atoms with Gasteiger partial charge in [0.1, 0.15) is 5.82 Å². The summed E-state index contributed by atoms with van der Waals surface area (Å²) in [5, 5.41) is 18.8. The quantitative estimate of drug-likeness (QED) is 0.358. The molecule has 9 nitrogen and oxygen atoms in total. The fourth-order valence-electron chi connectivity index (χ4n) is 3.80. The lowest BCUT2D eigenvalue weighted by atomic mass is 9.99. The molecule has 5 aromatic rings. The molecule has 0 radical (unpaired) electrons. The van der Waals surface area contributed by atoms with E-state index in [9.17, 15) is 4.79 Å². The number of aromatic nitrogens is 8. The smallest absolute Gasteiger partial charge is 0.232 e. The Kier molecular flexibility index (Phi) is 5.98. The number of rotatable bonds is 8. The van der Waals surface area contributed by atoms with E-state index < -0.39 is 0 Å². The number of pyridine rings is 1. The number of benzene rings is 2. The van der Waals surface area contributed by atoms with Crippen LogP contribution in [-0.4, -0.2) is 46.2 Å². The highest BCUT2D eigenvalue weighted by molar-refractivity contribution is 6.06. The van der Waals surface area contributed by atoms with Gasteiger partial charge in [0, 0.05) is 36.5 Å². The van der Waals surface area contributed by atoms with Gasteiger partial charge < -0.3 is 0 Å². The van der Waals surface area contributed by atoms with E-state index in [4.69, 9.17) is 0 Å². The summed E-state index contributed by atoms with van der Waals surface area (Å²) in [4.78, 5) is 21.6. The fraction of sp³-hybridized carbons (Fsp3) is 0.160. The van der Waals surface area contributed by atoms with Crippen LogP contribution >= 0.6 is 0 Å². The molecule has 34 heavy (non-hydrogen) atoms. The molecule has 2 aromatic carbocycles. The number of hydrogen-bond donors (Lipinski definition) is 1. The zero-order chi connectivity index (χ0) is 23.3. The van der Waals surface area contributed by atoms with Crippen molar-refractivity contribution in [1.29, 1.82) is 0 Å². The molecule has 168 valence electrons. The highest BCUT2D eigenvalue weighted by atomic mass is 16.1. The second-order valence-corrected chi connectivity index (χ2v) is 7.80. The van der Waals surface area contributed by atoms with Gasteiger partial charge in [-0.1, -0.05) is 61.5 Å². The maximum absolute atomic E-state index is 12.8. The van der Waals surface area contributed by atoms with Crippen molar-refractivity contribution >= 4 is 5.78 Å². The molecule has 0 unspecified atom stereocenters. The number of hydrogen-bond acceptors (Lipinski definition) is 7. The Balaban J connectivity index is 1.41. The summed E-state index contributed by atoms with van der Waals surface area (Å²) in [5.41, 5.74) is 4.44. The molecule has 0 aliphatic carbocycles. The second kappa shape index (κ2) is 9.53. The van der Waals surface area contributed by atoms with Gasteiger partial charge in [-0.05, 0) is 34.4 Å². The van der Waals surface area contributed by atoms with Crippen LogP contribution in [0.2, 0.25) is 0 Å². The third-order valence-corrected chi connectivity index (χ3v) is 5.46. The Morgan fingerprint density at radius 3 is 2.56 bits per heavy atom. The number of carbonyl (C=O) groups is 1. The van der Waals surface area contributed by atoms with Crippen molar-refractivity contribution in [2.45, 2.75) is 26.3 Å². The summed E-state index contributed by atoms with van der Waals surface area (Å²) >= 11 is 0. The highest BCUT2D eigenvalue weighted by Crippen LogP contribution is 2.29. The van der Waals surface area contributed by atoms with Crippen molar-refractivity contribution in [2.75, 3.05) is 0 Å². The van der Waals surface area contributed by atoms with Gasteiger partial charge in [-0.2, -0.15) is 5.21 Å². The average Bonchev–Trinajstić information content (AvgIpc) is 3.56. The number of nitrogens with zero attached hydrogens (tertiary/aromatic N) is 7. The molecule has 3 heterocycles. The second-order valence-electron chi connectivity index (χ2n) is 7.80. The first-order valence-corrected chi connectivity index (χ1v) is 11.0. The van der Waals surface area contributed by atoms with Gasteiger partial charge >= 0.3 is 0 Å². The third-order valence-electron chi connectivity index (χ3n) is 5.46. The number of aryl methyl sites for hydroxylation is 1. The maximum atomic E-state index is 12.8. The van der Waals surface area contributed by atoms with Gasteiger partial charge in [0.05, 0.1) is 0 Å². The monoisotopic (exact) mass is 450 g/mol. The van der Waals surface area contributed by atoms with Crippen LogP contribution in [-0.2, 0) is 13.0 Å². The van der Waals surface area contributed by atoms with Crippen molar-refractivity contribution in [3.8, 4) is 22.5 Å². The summed E-state index contributed by atoms with van der Waals surface area (Å²) in [6.45, 7) is 2.78. The van der Waals surface area contributed by atoms with Gasteiger partial charge in [-0.3, -0.25) is 9.78 Å². The minimum atomic E-state index is -0.168. The van der Waals surface area contributed by atoms with E-state index in [1.807, 2.05) is 41.1 Å². The maximum Gasteiger partial charge on any atom is 0.232 e. The predicted molar refractivity (Wildman–Crippen MR) is 126 cm³/mol. The van der Waals surface area contributed by atoms with E-state index in [0.717, 1.165) is 34.5 Å². The van der Waals surface area contributed by atoms with Crippen LogP contribution in [0, 0.1) is 0 Å². The Morgan fingerprint density at radius 2 is 1.82 bits per heavy atom. The van der Waals surface area contributed by atoms with Crippen LogP contribution in [0.1, 0.15) is 40.9 Å². The summed E-state index contributed by atoms with van der Waals surface area (Å²) in [6.07, 6.45) is 4.94. The number of ketones is 1. The third kappa shape index (κ3) is 4.36. The number of nitrogens with one attached hydrogen (secondary N) is 1. The highest BCUT2D eigenvalue weighted by Gasteiger charge is 2.18. The molecule has 0 saturated heterocycles. The molecule has 1 N–H and O–H groups in total. The zero-order valence-corrected chi connectivity index (χ0v) is 18.6. The minimum absolute atomic E-state index is 0.168. The van der Waals surface area contributed by atoms with E-state index in [0.29, 0.717) is 24.4 Å². The van der Waals surface area contributed by atoms with Gasteiger partial charge in [0.25, 0.3) is 0 Å². The molecule has 0 amide bonds. The Labute approximate surface area is 195 Å². The largest absolute Gasteiger partial charge is 0.285 e. The van der Waals surface area contributed by atoms with Gasteiger partial charge in [0.2, 0.25) is 17.4 Å². The lowest BCUT2D eigenvalue weighted by molar-refractivity contribution is 0.102. The molecule has 9 heteroatoms. The summed E-state index contributed by atoms with van der Waals surface area (Å²) in [7, 11) is 0. The number of H-pyrrole nitrogens is 1. The molecule has 0 fully saturated rings. The summed E-state index contributed by atoms with van der Waals surface area (Å²) < 4.78 is 1.83. The fourth-order valence-corrected chi connectivity index (χ4v) is 3.80. The average molecular weight is 451 g/mol. The summed E-state index contributed by atoms with van der Waals surface area (Å²) in [6, 6.07) is 19.3. The van der Waals surface area contributed by atoms with Gasteiger partial charge in [-0.15, -0.1) is 15.3 Å². The first-order valence-electron chi connectivity index (χ1n) is 11.0. The van der Waals surface area contributed by atoms with E-state index >= 15 is 0 Å². The topological polar surface area (TPSA) is 115 Å². The SMILES string of the molecule is CCCn1nc(C(=O)c2ccccc2)nc1Cc1ccc(-c2ccncc2-c2nn[nH]n2)cc1. The van der Waals surface area contributed by atoms with E-state index in [1.165, 1.54) is 0 Å². The molecule has 3 aromatic heterocycles. The van der Waals surface area contributed by atoms with Crippen LogP contribution in [0.25, 0.3) is 22.5 Å². The van der Waals surface area contributed by atoms with E-state index in [-0.39, 0.29) is 11.6 Å². The van der Waals surface area contributed by atoms with Crippen LogP contribution in [0.3, 0.4) is 0 Å². The molecule has 0 aliphatic rings. The molecule has 0 saturated carbocycles. The molecule has 0 spiro atoms. The Hall–Kier alpha value is -4.53. The van der Waals surface area contributed by atoms with Crippen molar-refractivity contribution in [3.63, 3.8) is 0 Å². The molecule has 0 aliphatic heterocycles. The first kappa shape index (κ1) is 21.3. The standard InChI is InChI=1S/C25H22N8O/c1-2-14-33-22(27-25(30-33)23(34)19-6-4-3-5-7-19)15-17-8-10-18(11-9-17)20-12-13-26-16-21(20)24-28-31-32-29-24/h3-13,16H,2,14-15H2,1H3,(H,28,29,31,32). The normalized spacial score (nSPS) is 11.0. The molecule has 5 rings (SSSR count). The Bertz CT molecular complexity index is 1390. The van der Waals surface area contributed by atoms with Crippen molar-refractivity contribution < 1.29 is 4.79 Å². The molecule has 0 bridgehead atoms. The number of tetrazole rings is 1. The zero-order valence-electron chi connectivity index (χ0n) is 18.6. The van der Waals surface area contributed by atoms with Gasteiger partial charge in [0.15, 0.2) is 0 Å². The van der Waals surface area contributed by atoms with Crippen LogP contribution in [0.5, 0.6) is 0 Å². The Morgan fingerprint density at radius 1 is 1.00 bits per heavy atom. The lowest BCUT2D eigenvalue weighted by Crippen LogP contribution is -2.07. The van der Waals surface area contributed by atoms with Crippen LogP contribution in [0.4, 0.5) is 0 Å². The van der Waals surface area contributed by atoms with E-state index in [1.54, 1.807) is 24.5 Å². The van der Waals surface area contributed by atoms with Crippen LogP contribution < -0.4 is 0 Å². The number of aromatic amines is 1. The molecule has 0 atom stereocenters. The van der Waals surface area contributed by atoms with Crippen LogP contribution in [0.15, 0.2) is 73.1 Å². The van der Waals surface area contributed by atoms with Crippen molar-refractivity contribution in [1.82, 2.24) is 40.4 Å². The van der Waals surface area contributed by atoms with Gasteiger partial charge in [-0.25, -0.2) is 9.67 Å². The predicted octanol–water partition coefficient (Wildman–Crippen LogP) is 3.75. The number of carbonyl (C=O) groups excluding carboxylic acids is 1. The van der Waals surface area contributed by atoms with Crippen molar-refractivity contribution in [2.24, 2.45) is 0 Å². The molecular weight excluding hydrogens is 428 g/mol. The van der Waals surface area contributed by atoms with E-state index in [2.05, 4.69) is 54.7 Å². The summed E-state index contributed by atoms with van der Waals surface area (Å²) in [5.74, 6) is 1.33. The molecular formula is C25H22N8O. The minimum Gasteiger partial charge on any atom is -0.285 e. The first-order chi connectivity index (χ1) is 16.7. The van der Waals surface area contributed by atoms with Crippen molar-refractivity contribution in [3.05, 3.63) is 95.8 Å².